The van der Waals surface area contributed by atoms with Gasteiger partial charge >= 0.3 is 29.8 Å². The molecule has 1 aliphatic heterocycles. The van der Waals surface area contributed by atoms with Crippen LogP contribution in [-0.2, 0) is 76.4 Å². The number of ether oxygens (including phenoxy) is 6. The van der Waals surface area contributed by atoms with E-state index in [1.165, 1.54) is 0 Å². The molecule has 0 aromatic rings. The highest BCUT2D eigenvalue weighted by Gasteiger charge is 2.54. The molecule has 0 bridgehead atoms. The fourth-order valence-electron chi connectivity index (χ4n) is 3.50. The summed E-state index contributed by atoms with van der Waals surface area (Å²) in [6.07, 6.45) is -13.1. The topological polar surface area (TPSA) is 226 Å². The van der Waals surface area contributed by atoms with Crippen molar-refractivity contribution in [3.8, 4) is 0 Å². The molecule has 5 atom stereocenters. The molecule has 0 aromatic heterocycles. The number of hydrogen-bond acceptors (Lipinski definition) is 16. The Hall–Kier alpha value is -4.34. The molecule has 16 heteroatoms. The number of ketones is 5. The third kappa shape index (κ3) is 13.3. The van der Waals surface area contributed by atoms with Crippen LogP contribution in [0, 0.1) is 0 Å². The van der Waals surface area contributed by atoms with Gasteiger partial charge in [-0.15, -0.1) is 0 Å². The summed E-state index contributed by atoms with van der Waals surface area (Å²) in [5.41, 5.74) is 0. The van der Waals surface area contributed by atoms with Crippen LogP contribution in [0.3, 0.4) is 0 Å². The Kier molecular flexibility index (Phi) is 14.3. The third-order valence-electron chi connectivity index (χ3n) is 5.02. The normalized spacial score (nSPS) is 21.2. The van der Waals surface area contributed by atoms with Gasteiger partial charge in [-0.2, -0.15) is 0 Å². The molecule has 0 saturated carbocycles. The largest absolute Gasteiger partial charge is 0.462 e. The molecule has 0 radical (unpaired) electrons. The maximum atomic E-state index is 12.6. The first kappa shape index (κ1) is 35.7. The average Bonchev–Trinajstić information content (AvgIpc) is 2.79. The smallest absolute Gasteiger partial charge is 0.315 e. The summed E-state index contributed by atoms with van der Waals surface area (Å²) >= 11 is 0. The number of carbonyl (C=O) groups is 10. The minimum absolute atomic E-state index is 0.557. The predicted molar refractivity (Wildman–Crippen MR) is 132 cm³/mol. The fourth-order valence-corrected chi connectivity index (χ4v) is 3.50. The summed E-state index contributed by atoms with van der Waals surface area (Å²) in [5, 5.41) is 0. The number of carbonyl (C=O) groups excluding carboxylic acids is 10. The van der Waals surface area contributed by atoms with E-state index < -0.39 is 128 Å². The van der Waals surface area contributed by atoms with E-state index in [-0.39, 0.29) is 0 Å². The van der Waals surface area contributed by atoms with Crippen LogP contribution in [0.2, 0.25) is 0 Å². The van der Waals surface area contributed by atoms with Crippen molar-refractivity contribution in [2.75, 3.05) is 6.61 Å². The molecule has 0 aliphatic carbocycles. The van der Waals surface area contributed by atoms with Crippen molar-refractivity contribution in [3.05, 3.63) is 0 Å². The first-order chi connectivity index (χ1) is 19.5. The minimum Gasteiger partial charge on any atom is -0.462 e. The third-order valence-corrected chi connectivity index (χ3v) is 5.02. The summed E-state index contributed by atoms with van der Waals surface area (Å²) in [6.45, 7) is 4.57. The molecule has 232 valence electrons. The highest BCUT2D eigenvalue weighted by molar-refractivity contribution is 5.96. The summed E-state index contributed by atoms with van der Waals surface area (Å²) < 4.78 is 31.6. The highest BCUT2D eigenvalue weighted by atomic mass is 16.7. The van der Waals surface area contributed by atoms with Crippen molar-refractivity contribution in [2.45, 2.75) is 97.4 Å². The first-order valence-electron chi connectivity index (χ1n) is 12.5. The Morgan fingerprint density at radius 1 is 0.452 bits per heavy atom. The first-order valence-corrected chi connectivity index (χ1v) is 12.5. The van der Waals surface area contributed by atoms with E-state index in [4.69, 9.17) is 28.4 Å². The van der Waals surface area contributed by atoms with Gasteiger partial charge in [0.05, 0.1) is 0 Å². The van der Waals surface area contributed by atoms with Gasteiger partial charge in [0.2, 0.25) is 12.4 Å². The second-order valence-electron chi connectivity index (χ2n) is 9.47. The lowest BCUT2D eigenvalue weighted by molar-refractivity contribution is -0.301. The SMILES string of the molecule is CC(=O)CC(=O)OC[C@H]1OC(OC(=O)CC(C)=O)[C@H](OC(=O)CC(C)=O)[C@@H](OC(=O)CC(C)=O)[C@@H]1OC(=O)CC(C)=O. The summed E-state index contributed by atoms with van der Waals surface area (Å²) in [4.78, 5) is 119. The molecule has 1 saturated heterocycles. The zero-order chi connectivity index (χ0) is 32.1. The monoisotopic (exact) mass is 600 g/mol. The number of hydrogen-bond donors (Lipinski definition) is 0. The molecule has 1 fully saturated rings. The Morgan fingerprint density at radius 3 is 1.19 bits per heavy atom. The highest BCUT2D eigenvalue weighted by Crippen LogP contribution is 2.31. The van der Waals surface area contributed by atoms with Crippen molar-refractivity contribution in [3.63, 3.8) is 0 Å². The molecular formula is C26H32O16. The average molecular weight is 601 g/mol. The van der Waals surface area contributed by atoms with Gasteiger partial charge < -0.3 is 28.4 Å². The Balaban J connectivity index is 3.63. The molecule has 0 aromatic carbocycles. The molecule has 0 spiro atoms. The standard InChI is InChI=1S/C26H32O16/c1-12(27)6-18(32)37-11-17-23(39-19(33)7-13(2)28)24(40-20(34)8-14(3)29)25(41-21(35)9-15(4)30)26(38-17)42-22(36)10-16(5)31/h17,23-26H,6-11H2,1-5H3/t17-,23-,24+,25-,26?/m1/s1. The van der Waals surface area contributed by atoms with Crippen molar-refractivity contribution in [1.29, 1.82) is 0 Å². The molecule has 16 nitrogen and oxygen atoms in total. The maximum absolute atomic E-state index is 12.6. The van der Waals surface area contributed by atoms with E-state index in [0.29, 0.717) is 0 Å². The van der Waals surface area contributed by atoms with Gasteiger partial charge in [0.1, 0.15) is 73.7 Å². The molecule has 0 N–H and O–H groups in total. The van der Waals surface area contributed by atoms with Gasteiger partial charge in [0.15, 0.2) is 12.2 Å². The van der Waals surface area contributed by atoms with Crippen molar-refractivity contribution < 1.29 is 76.4 Å². The Morgan fingerprint density at radius 2 is 0.786 bits per heavy atom. The van der Waals surface area contributed by atoms with E-state index in [2.05, 4.69) is 0 Å². The second kappa shape index (κ2) is 16.8. The van der Waals surface area contributed by atoms with E-state index in [1.807, 2.05) is 0 Å². The number of rotatable bonds is 16. The lowest BCUT2D eigenvalue weighted by atomic mass is 9.97. The Labute approximate surface area is 239 Å². The van der Waals surface area contributed by atoms with Crippen molar-refractivity contribution >= 4 is 58.8 Å². The predicted octanol–water partition coefficient (Wildman–Crippen LogP) is -0.571. The van der Waals surface area contributed by atoms with Gasteiger partial charge in [-0.05, 0) is 34.6 Å². The van der Waals surface area contributed by atoms with Gasteiger partial charge in [0, 0.05) is 0 Å². The van der Waals surface area contributed by atoms with Crippen molar-refractivity contribution in [1.82, 2.24) is 0 Å². The summed E-state index contributed by atoms with van der Waals surface area (Å²) in [5.74, 6) is -8.94. The van der Waals surface area contributed by atoms with Crippen LogP contribution in [0.15, 0.2) is 0 Å². The summed E-state index contributed by atoms with van der Waals surface area (Å²) in [6, 6.07) is 0. The van der Waals surface area contributed by atoms with Crippen molar-refractivity contribution in [2.24, 2.45) is 0 Å². The summed E-state index contributed by atoms with van der Waals surface area (Å²) in [7, 11) is 0. The molecule has 1 heterocycles. The lowest BCUT2D eigenvalue weighted by Crippen LogP contribution is -2.63. The molecule has 1 aliphatic rings. The van der Waals surface area contributed by atoms with Crippen LogP contribution in [0.5, 0.6) is 0 Å². The zero-order valence-electron chi connectivity index (χ0n) is 23.7. The number of Topliss-reactive ketones (excluding diaryl/α,β-unsaturated/α-hetero) is 5. The van der Waals surface area contributed by atoms with E-state index in [0.717, 1.165) is 34.6 Å². The van der Waals surface area contributed by atoms with Crippen LogP contribution >= 0.6 is 0 Å². The van der Waals surface area contributed by atoms with Gasteiger partial charge in [0.25, 0.3) is 0 Å². The Bertz CT molecular complexity index is 1120. The van der Waals surface area contributed by atoms with E-state index in [9.17, 15) is 47.9 Å². The zero-order valence-corrected chi connectivity index (χ0v) is 23.7. The molecule has 1 rings (SSSR count). The van der Waals surface area contributed by atoms with Gasteiger partial charge in [-0.3, -0.25) is 47.9 Å². The molecule has 1 unspecified atom stereocenters. The number of esters is 5. The lowest BCUT2D eigenvalue weighted by Gasteiger charge is -2.43. The van der Waals surface area contributed by atoms with Gasteiger partial charge in [-0.25, -0.2) is 0 Å². The quantitative estimate of drug-likeness (QED) is 0.123. The van der Waals surface area contributed by atoms with E-state index in [1.54, 1.807) is 0 Å². The van der Waals surface area contributed by atoms with Gasteiger partial charge in [-0.1, -0.05) is 0 Å². The second-order valence-corrected chi connectivity index (χ2v) is 9.47. The molecular weight excluding hydrogens is 568 g/mol. The van der Waals surface area contributed by atoms with Crippen LogP contribution in [-0.4, -0.2) is 96.1 Å². The van der Waals surface area contributed by atoms with Crippen LogP contribution in [0.1, 0.15) is 66.7 Å². The minimum atomic E-state index is -2.00. The van der Waals surface area contributed by atoms with E-state index >= 15 is 0 Å². The molecule has 0 amide bonds. The van der Waals surface area contributed by atoms with Crippen LogP contribution in [0.25, 0.3) is 0 Å². The maximum Gasteiger partial charge on any atom is 0.315 e. The molecule has 42 heavy (non-hydrogen) atoms. The van der Waals surface area contributed by atoms with Crippen LogP contribution in [0.4, 0.5) is 0 Å². The fraction of sp³-hybridized carbons (Fsp3) is 0.615. The van der Waals surface area contributed by atoms with Crippen LogP contribution < -0.4 is 0 Å².